The molecule has 0 amide bonds. The Kier molecular flexibility index (Phi) is 4.10. The first-order chi connectivity index (χ1) is 10.6. The fraction of sp³-hybridized carbons (Fsp3) is 0.316. The Labute approximate surface area is 130 Å². The number of hydrogen-bond acceptors (Lipinski definition) is 3. The van der Waals surface area contributed by atoms with Crippen molar-refractivity contribution in [3.8, 4) is 0 Å². The molecule has 3 rings (SSSR count). The molecule has 3 heteroatoms. The fourth-order valence-corrected chi connectivity index (χ4v) is 2.63. The van der Waals surface area contributed by atoms with Crippen molar-refractivity contribution in [3.63, 3.8) is 0 Å². The molecule has 2 aromatic carbocycles. The van der Waals surface area contributed by atoms with Crippen molar-refractivity contribution in [1.29, 1.82) is 0 Å². The van der Waals surface area contributed by atoms with Crippen LogP contribution < -0.4 is 0 Å². The van der Waals surface area contributed by atoms with Crippen LogP contribution in [0.1, 0.15) is 33.5 Å². The maximum absolute atomic E-state index is 13.1. The van der Waals surface area contributed by atoms with Gasteiger partial charge in [0.15, 0.2) is 0 Å². The molecule has 0 saturated carbocycles. The van der Waals surface area contributed by atoms with E-state index in [-0.39, 0.29) is 5.78 Å². The summed E-state index contributed by atoms with van der Waals surface area (Å²) in [6.07, 6.45) is 0.800. The molecule has 0 aromatic heterocycles. The van der Waals surface area contributed by atoms with Gasteiger partial charge in [0.05, 0.1) is 13.2 Å². The monoisotopic (exact) mass is 296 g/mol. The molecule has 0 N–H and O–H groups in total. The molecule has 0 radical (unpaired) electrons. The molecule has 0 spiro atoms. The third-order valence-corrected chi connectivity index (χ3v) is 3.94. The van der Waals surface area contributed by atoms with Gasteiger partial charge < -0.3 is 9.47 Å². The Morgan fingerprint density at radius 3 is 1.91 bits per heavy atom. The van der Waals surface area contributed by atoms with Crippen LogP contribution in [0.5, 0.6) is 0 Å². The smallest absolute Gasteiger partial charge is 0.261 e. The first kappa shape index (κ1) is 14.9. The van der Waals surface area contributed by atoms with Gasteiger partial charge in [-0.2, -0.15) is 0 Å². The van der Waals surface area contributed by atoms with E-state index < -0.39 is 5.79 Å². The lowest BCUT2D eigenvalue weighted by atomic mass is 9.94. The van der Waals surface area contributed by atoms with Gasteiger partial charge in [0.25, 0.3) is 5.79 Å². The summed E-state index contributed by atoms with van der Waals surface area (Å²) in [5, 5.41) is 0. The lowest BCUT2D eigenvalue weighted by Gasteiger charge is -2.36. The molecular formula is C19H20O3. The van der Waals surface area contributed by atoms with Crippen molar-refractivity contribution in [2.24, 2.45) is 0 Å². The number of ketones is 1. The van der Waals surface area contributed by atoms with Gasteiger partial charge in [-0.05, 0) is 20.3 Å². The molecular weight excluding hydrogens is 276 g/mol. The van der Waals surface area contributed by atoms with Crippen LogP contribution in [0, 0.1) is 13.8 Å². The van der Waals surface area contributed by atoms with Crippen LogP contribution in [-0.2, 0) is 15.3 Å². The van der Waals surface area contributed by atoms with E-state index in [1.165, 1.54) is 0 Å². The minimum absolute atomic E-state index is 0.143. The number of carbonyl (C=O) groups is 1. The van der Waals surface area contributed by atoms with Gasteiger partial charge in [-0.3, -0.25) is 4.79 Å². The van der Waals surface area contributed by atoms with E-state index in [1.54, 1.807) is 0 Å². The maximum atomic E-state index is 13.1. The molecule has 3 nitrogen and oxygen atoms in total. The highest BCUT2D eigenvalue weighted by Crippen LogP contribution is 2.34. The Balaban J connectivity index is 2.03. The molecule has 114 valence electrons. The highest BCUT2D eigenvalue weighted by atomic mass is 16.7. The Morgan fingerprint density at radius 2 is 1.36 bits per heavy atom. The Bertz CT molecular complexity index is 650. The molecule has 1 heterocycles. The van der Waals surface area contributed by atoms with Crippen molar-refractivity contribution in [1.82, 2.24) is 0 Å². The van der Waals surface area contributed by atoms with Crippen LogP contribution in [0.2, 0.25) is 0 Å². The van der Waals surface area contributed by atoms with Crippen molar-refractivity contribution in [2.75, 3.05) is 13.2 Å². The normalized spacial score (nSPS) is 17.2. The maximum Gasteiger partial charge on any atom is 0.261 e. The second kappa shape index (κ2) is 6.03. The number of aryl methyl sites for hydroxylation is 2. The van der Waals surface area contributed by atoms with Gasteiger partial charge >= 0.3 is 0 Å². The summed E-state index contributed by atoms with van der Waals surface area (Å²) in [6.45, 7) is 5.05. The first-order valence-corrected chi connectivity index (χ1v) is 7.58. The summed E-state index contributed by atoms with van der Waals surface area (Å²) in [7, 11) is 0. The van der Waals surface area contributed by atoms with E-state index in [0.717, 1.165) is 23.1 Å². The lowest BCUT2D eigenvalue weighted by Crippen LogP contribution is -2.45. The molecule has 0 aliphatic carbocycles. The Morgan fingerprint density at radius 1 is 0.864 bits per heavy atom. The average molecular weight is 296 g/mol. The van der Waals surface area contributed by atoms with Crippen molar-refractivity contribution in [2.45, 2.75) is 26.1 Å². The van der Waals surface area contributed by atoms with Gasteiger partial charge in [-0.15, -0.1) is 0 Å². The molecule has 1 aliphatic rings. The number of ether oxygens (including phenoxy) is 2. The van der Waals surface area contributed by atoms with Gasteiger partial charge in [0.1, 0.15) is 0 Å². The van der Waals surface area contributed by atoms with E-state index in [4.69, 9.17) is 9.47 Å². The van der Waals surface area contributed by atoms with Gasteiger partial charge in [0.2, 0.25) is 5.78 Å². The van der Waals surface area contributed by atoms with E-state index in [9.17, 15) is 4.79 Å². The molecule has 2 aromatic rings. The molecule has 1 saturated heterocycles. The van der Waals surface area contributed by atoms with Crippen molar-refractivity contribution >= 4 is 5.78 Å². The molecule has 1 aliphatic heterocycles. The number of carbonyl (C=O) groups excluding carboxylic acids is 1. The lowest BCUT2D eigenvalue weighted by molar-refractivity contribution is -0.240. The van der Waals surface area contributed by atoms with Crippen LogP contribution >= 0.6 is 0 Å². The predicted octanol–water partition coefficient (Wildman–Crippen LogP) is 3.78. The number of hydrogen-bond donors (Lipinski definition) is 0. The van der Waals surface area contributed by atoms with Crippen LogP contribution in [0.4, 0.5) is 0 Å². The quantitative estimate of drug-likeness (QED) is 0.809. The third-order valence-electron chi connectivity index (χ3n) is 3.94. The minimum Gasteiger partial charge on any atom is -0.340 e. The minimum atomic E-state index is -1.32. The van der Waals surface area contributed by atoms with Crippen LogP contribution in [0.25, 0.3) is 0 Å². The van der Waals surface area contributed by atoms with Crippen LogP contribution in [0.3, 0.4) is 0 Å². The summed E-state index contributed by atoms with van der Waals surface area (Å²) in [5.41, 5.74) is 3.61. The zero-order valence-corrected chi connectivity index (χ0v) is 13.0. The zero-order valence-electron chi connectivity index (χ0n) is 13.0. The fourth-order valence-electron chi connectivity index (χ4n) is 2.63. The molecule has 0 bridgehead atoms. The summed E-state index contributed by atoms with van der Waals surface area (Å²) in [4.78, 5) is 13.1. The SMILES string of the molecule is Cc1ccc(C(=O)C2(c3ccc(C)cc3)OCCCO2)cc1. The standard InChI is InChI=1S/C19H20O3/c1-14-4-8-16(9-5-14)18(20)19(21-12-3-13-22-19)17-10-6-15(2)7-11-17/h4-11H,3,12-13H2,1-2H3. The summed E-state index contributed by atoms with van der Waals surface area (Å²) in [6, 6.07) is 15.3. The number of rotatable bonds is 3. The van der Waals surface area contributed by atoms with E-state index in [1.807, 2.05) is 62.4 Å². The molecule has 0 unspecified atom stereocenters. The highest BCUT2D eigenvalue weighted by Gasteiger charge is 2.45. The third kappa shape index (κ3) is 2.70. The summed E-state index contributed by atoms with van der Waals surface area (Å²) >= 11 is 0. The van der Waals surface area contributed by atoms with Gasteiger partial charge in [0, 0.05) is 11.1 Å². The Hall–Kier alpha value is -1.97. The molecule has 1 fully saturated rings. The van der Waals surface area contributed by atoms with Gasteiger partial charge in [-0.1, -0.05) is 59.7 Å². The number of Topliss-reactive ketones (excluding diaryl/α,β-unsaturated/α-hetero) is 1. The van der Waals surface area contributed by atoms with Gasteiger partial charge in [-0.25, -0.2) is 0 Å². The number of benzene rings is 2. The van der Waals surface area contributed by atoms with Crippen LogP contribution in [0.15, 0.2) is 48.5 Å². The van der Waals surface area contributed by atoms with Crippen molar-refractivity contribution in [3.05, 3.63) is 70.8 Å². The van der Waals surface area contributed by atoms with Crippen LogP contribution in [-0.4, -0.2) is 19.0 Å². The molecule has 0 atom stereocenters. The van der Waals surface area contributed by atoms with E-state index in [2.05, 4.69) is 0 Å². The second-order valence-corrected chi connectivity index (χ2v) is 5.73. The summed E-state index contributed by atoms with van der Waals surface area (Å²) in [5.74, 6) is -1.46. The average Bonchev–Trinajstić information content (AvgIpc) is 2.56. The van der Waals surface area contributed by atoms with Crippen molar-refractivity contribution < 1.29 is 14.3 Å². The first-order valence-electron chi connectivity index (χ1n) is 7.58. The predicted molar refractivity (Wildman–Crippen MR) is 84.9 cm³/mol. The summed E-state index contributed by atoms with van der Waals surface area (Å²) < 4.78 is 11.7. The van der Waals surface area contributed by atoms with E-state index >= 15 is 0 Å². The highest BCUT2D eigenvalue weighted by molar-refractivity contribution is 6.02. The largest absolute Gasteiger partial charge is 0.340 e. The van der Waals surface area contributed by atoms with E-state index in [0.29, 0.717) is 18.8 Å². The zero-order chi connectivity index (χ0) is 15.6. The second-order valence-electron chi connectivity index (χ2n) is 5.73. The molecule has 22 heavy (non-hydrogen) atoms. The topological polar surface area (TPSA) is 35.5 Å².